The number of likely N-dealkylation sites (tertiary alicyclic amines) is 2. The monoisotopic (exact) mass is 383 g/mol. The molecule has 2 saturated heterocycles. The number of para-hydroxylation sites is 1. The number of benzene rings is 1. The van der Waals surface area contributed by atoms with Gasteiger partial charge >= 0.3 is 0 Å². The number of nitrogens with one attached hydrogen (secondary N) is 1. The molecule has 0 aliphatic carbocycles. The molecule has 1 aromatic heterocycles. The lowest BCUT2D eigenvalue weighted by Crippen LogP contribution is -2.35. The fraction of sp³-hybridized carbons (Fsp3) is 0.609. The van der Waals surface area contributed by atoms with Crippen molar-refractivity contribution in [1.29, 1.82) is 0 Å². The zero-order chi connectivity index (χ0) is 19.7. The van der Waals surface area contributed by atoms with E-state index < -0.39 is 0 Å². The van der Waals surface area contributed by atoms with Crippen LogP contribution in [0.15, 0.2) is 18.2 Å². The number of rotatable bonds is 4. The van der Waals surface area contributed by atoms with Crippen molar-refractivity contribution in [3.05, 3.63) is 35.0 Å². The first-order valence-corrected chi connectivity index (χ1v) is 10.8. The first kappa shape index (κ1) is 19.5. The van der Waals surface area contributed by atoms with E-state index in [2.05, 4.69) is 29.8 Å². The summed E-state index contributed by atoms with van der Waals surface area (Å²) in [6.07, 6.45) is 5.20. The molecule has 2 atom stereocenters. The average Bonchev–Trinajstić information content (AvgIpc) is 3.11. The van der Waals surface area contributed by atoms with Gasteiger partial charge in [-0.15, -0.1) is 0 Å². The van der Waals surface area contributed by atoms with Crippen LogP contribution in [-0.2, 0) is 0 Å². The van der Waals surface area contributed by atoms with Crippen LogP contribution in [0.4, 0.5) is 0 Å². The summed E-state index contributed by atoms with van der Waals surface area (Å²) in [7, 11) is 0. The number of fused-ring (bicyclic) bond motifs is 1. The van der Waals surface area contributed by atoms with Gasteiger partial charge in [0.1, 0.15) is 0 Å². The van der Waals surface area contributed by atoms with Gasteiger partial charge < -0.3 is 19.9 Å². The number of hydrogen-bond donors (Lipinski definition) is 2. The zero-order valence-corrected chi connectivity index (χ0v) is 17.2. The Hall–Kier alpha value is -1.85. The highest BCUT2D eigenvalue weighted by Crippen LogP contribution is 2.29. The Morgan fingerprint density at radius 2 is 1.82 bits per heavy atom. The lowest BCUT2D eigenvalue weighted by Gasteiger charge is -2.26. The zero-order valence-electron chi connectivity index (χ0n) is 17.2. The van der Waals surface area contributed by atoms with Crippen molar-refractivity contribution in [3.63, 3.8) is 0 Å². The van der Waals surface area contributed by atoms with Gasteiger partial charge in [-0.2, -0.15) is 0 Å². The molecular weight excluding hydrogens is 350 g/mol. The fourth-order valence-electron chi connectivity index (χ4n) is 5.00. The molecule has 0 unspecified atom stereocenters. The van der Waals surface area contributed by atoms with Gasteiger partial charge in [-0.05, 0) is 57.3 Å². The maximum atomic E-state index is 13.3. The minimum atomic E-state index is 0.0867. The van der Waals surface area contributed by atoms with Gasteiger partial charge in [-0.1, -0.05) is 25.0 Å². The number of nitrogens with zero attached hydrogens (tertiary/aromatic N) is 2. The van der Waals surface area contributed by atoms with Crippen LogP contribution in [0.25, 0.3) is 10.9 Å². The molecule has 0 saturated carbocycles. The topological polar surface area (TPSA) is 59.6 Å². The van der Waals surface area contributed by atoms with E-state index in [0.717, 1.165) is 48.3 Å². The third kappa shape index (κ3) is 3.70. The van der Waals surface area contributed by atoms with Crippen LogP contribution in [0.1, 0.15) is 47.3 Å². The summed E-state index contributed by atoms with van der Waals surface area (Å²) in [5.74, 6) is 0.626. The second-order valence-electron chi connectivity index (χ2n) is 8.73. The van der Waals surface area contributed by atoms with Crippen molar-refractivity contribution in [1.82, 2.24) is 14.8 Å². The largest absolute Gasteiger partial charge is 0.396 e. The van der Waals surface area contributed by atoms with Gasteiger partial charge in [0.15, 0.2) is 0 Å². The van der Waals surface area contributed by atoms with Gasteiger partial charge in [-0.25, -0.2) is 0 Å². The molecule has 0 bridgehead atoms. The van der Waals surface area contributed by atoms with Crippen molar-refractivity contribution >= 4 is 16.8 Å². The van der Waals surface area contributed by atoms with E-state index in [9.17, 15) is 9.90 Å². The van der Waals surface area contributed by atoms with Crippen molar-refractivity contribution in [2.45, 2.75) is 39.5 Å². The van der Waals surface area contributed by atoms with E-state index in [4.69, 9.17) is 0 Å². The third-order valence-electron chi connectivity index (χ3n) is 6.86. The molecule has 152 valence electrons. The van der Waals surface area contributed by atoms with E-state index in [0.29, 0.717) is 12.5 Å². The molecule has 2 aromatic rings. The second kappa shape index (κ2) is 8.26. The average molecular weight is 384 g/mol. The Bertz CT molecular complexity index is 836. The second-order valence-corrected chi connectivity index (χ2v) is 8.73. The number of carbonyl (C=O) groups is 1. The minimum absolute atomic E-state index is 0.0867. The van der Waals surface area contributed by atoms with Crippen LogP contribution in [0, 0.1) is 25.7 Å². The Labute approximate surface area is 167 Å². The Kier molecular flexibility index (Phi) is 5.74. The number of aromatic nitrogens is 1. The van der Waals surface area contributed by atoms with Crippen LogP contribution in [-0.4, -0.2) is 65.1 Å². The summed E-state index contributed by atoms with van der Waals surface area (Å²) >= 11 is 0. The number of amides is 1. The van der Waals surface area contributed by atoms with Crippen LogP contribution in [0.5, 0.6) is 0 Å². The summed E-state index contributed by atoms with van der Waals surface area (Å²) in [6, 6.07) is 5.98. The van der Waals surface area contributed by atoms with Crippen LogP contribution < -0.4 is 0 Å². The smallest absolute Gasteiger partial charge is 0.256 e. The molecule has 4 rings (SSSR count). The molecule has 2 fully saturated rings. The normalized spacial score (nSPS) is 24.0. The molecule has 2 aliphatic rings. The van der Waals surface area contributed by atoms with Crippen molar-refractivity contribution in [2.75, 3.05) is 39.3 Å². The molecule has 1 aromatic carbocycles. The standard InChI is InChI=1S/C23H33N3O2/c1-16-17(2)24-22-20(16)8-7-9-21(22)23(28)26-13-18(19(14-26)15-27)12-25-10-5-3-4-6-11-25/h7-9,18-19,24,27H,3-6,10-15H2,1-2H3/t18-,19-/m1/s1. The molecule has 1 amide bonds. The van der Waals surface area contributed by atoms with Gasteiger partial charge in [0, 0.05) is 43.2 Å². The van der Waals surface area contributed by atoms with Gasteiger partial charge in [0.25, 0.3) is 5.91 Å². The Morgan fingerprint density at radius 3 is 2.54 bits per heavy atom. The predicted molar refractivity (Wildman–Crippen MR) is 113 cm³/mol. The minimum Gasteiger partial charge on any atom is -0.396 e. The van der Waals surface area contributed by atoms with E-state index >= 15 is 0 Å². The number of hydrogen-bond acceptors (Lipinski definition) is 3. The summed E-state index contributed by atoms with van der Waals surface area (Å²) < 4.78 is 0. The van der Waals surface area contributed by atoms with Crippen molar-refractivity contribution in [3.8, 4) is 0 Å². The third-order valence-corrected chi connectivity index (χ3v) is 6.86. The van der Waals surface area contributed by atoms with Crippen LogP contribution >= 0.6 is 0 Å². The molecule has 2 N–H and O–H groups in total. The molecule has 2 aliphatic heterocycles. The highest BCUT2D eigenvalue weighted by atomic mass is 16.3. The first-order valence-electron chi connectivity index (χ1n) is 10.8. The summed E-state index contributed by atoms with van der Waals surface area (Å²) in [6.45, 7) is 9.02. The molecule has 0 spiro atoms. The molecule has 28 heavy (non-hydrogen) atoms. The predicted octanol–water partition coefficient (Wildman–Crippen LogP) is 3.34. The Balaban J connectivity index is 1.51. The fourth-order valence-corrected chi connectivity index (χ4v) is 5.00. The van der Waals surface area contributed by atoms with E-state index in [-0.39, 0.29) is 18.4 Å². The van der Waals surface area contributed by atoms with E-state index in [1.54, 1.807) is 0 Å². The van der Waals surface area contributed by atoms with Crippen LogP contribution in [0.3, 0.4) is 0 Å². The number of H-pyrrole nitrogens is 1. The summed E-state index contributed by atoms with van der Waals surface area (Å²) in [4.78, 5) is 21.3. The number of aliphatic hydroxyl groups excluding tert-OH is 1. The maximum Gasteiger partial charge on any atom is 0.256 e. The lowest BCUT2D eigenvalue weighted by molar-refractivity contribution is 0.0781. The number of aromatic amines is 1. The Morgan fingerprint density at radius 1 is 1.11 bits per heavy atom. The molecule has 3 heterocycles. The molecule has 0 radical (unpaired) electrons. The highest BCUT2D eigenvalue weighted by Gasteiger charge is 2.36. The van der Waals surface area contributed by atoms with Crippen molar-refractivity contribution in [2.24, 2.45) is 11.8 Å². The van der Waals surface area contributed by atoms with E-state index in [1.165, 1.54) is 31.2 Å². The van der Waals surface area contributed by atoms with Gasteiger partial charge in [-0.3, -0.25) is 4.79 Å². The van der Waals surface area contributed by atoms with Gasteiger partial charge in [0.2, 0.25) is 0 Å². The molecule has 5 nitrogen and oxygen atoms in total. The lowest BCUT2D eigenvalue weighted by atomic mass is 9.96. The maximum absolute atomic E-state index is 13.3. The van der Waals surface area contributed by atoms with E-state index in [1.807, 2.05) is 17.0 Å². The van der Waals surface area contributed by atoms with Crippen LogP contribution in [0.2, 0.25) is 0 Å². The SMILES string of the molecule is Cc1[nH]c2c(C(=O)N3C[C@@H](CN4CCCCCC4)[C@@H](CO)C3)cccc2c1C. The number of aryl methyl sites for hydroxylation is 2. The quantitative estimate of drug-likeness (QED) is 0.851. The van der Waals surface area contributed by atoms with Gasteiger partial charge in [0.05, 0.1) is 11.1 Å². The molecule has 5 heteroatoms. The highest BCUT2D eigenvalue weighted by molar-refractivity contribution is 6.06. The van der Waals surface area contributed by atoms with Crippen molar-refractivity contribution < 1.29 is 9.90 Å². The summed E-state index contributed by atoms with van der Waals surface area (Å²) in [5, 5.41) is 11.1. The first-order chi connectivity index (χ1) is 13.6. The molecular formula is C23H33N3O2. The summed E-state index contributed by atoms with van der Waals surface area (Å²) in [5.41, 5.74) is 4.02. The number of carbonyl (C=O) groups excluding carboxylic acids is 1. The number of aliphatic hydroxyl groups is 1.